The number of rotatable bonds is 4. The normalized spacial score (nSPS) is 10.5. The average molecular weight is 222 g/mol. The second kappa shape index (κ2) is 5.46. The van der Waals surface area contributed by atoms with Crippen molar-refractivity contribution in [2.24, 2.45) is 0 Å². The molecular weight excluding hydrogens is 204 g/mol. The van der Waals surface area contributed by atoms with Gasteiger partial charge in [0.1, 0.15) is 5.69 Å². The minimum atomic E-state index is -0.0816. The summed E-state index contributed by atoms with van der Waals surface area (Å²) in [5.41, 5.74) is 6.50. The molecule has 0 spiro atoms. The van der Waals surface area contributed by atoms with Crippen molar-refractivity contribution in [2.75, 3.05) is 40.0 Å². The summed E-state index contributed by atoms with van der Waals surface area (Å²) < 4.78 is 0. The Morgan fingerprint density at radius 2 is 2.00 bits per heavy atom. The number of aromatic nitrogens is 1. The summed E-state index contributed by atoms with van der Waals surface area (Å²) in [7, 11) is 5.71. The smallest absolute Gasteiger partial charge is 0.272 e. The zero-order chi connectivity index (χ0) is 12.1. The van der Waals surface area contributed by atoms with Crippen LogP contribution < -0.4 is 5.73 Å². The molecule has 1 amide bonds. The van der Waals surface area contributed by atoms with Crippen LogP contribution in [0, 0.1) is 0 Å². The molecule has 0 aliphatic carbocycles. The molecule has 5 nitrogen and oxygen atoms in total. The summed E-state index contributed by atoms with van der Waals surface area (Å²) in [5.74, 6) is -0.0816. The number of hydrogen-bond donors (Lipinski definition) is 1. The lowest BCUT2D eigenvalue weighted by Gasteiger charge is -2.19. The quantitative estimate of drug-likeness (QED) is 0.795. The first kappa shape index (κ1) is 12.4. The van der Waals surface area contributed by atoms with E-state index < -0.39 is 0 Å². The largest absolute Gasteiger partial charge is 0.397 e. The number of pyridine rings is 1. The Hall–Kier alpha value is -1.62. The van der Waals surface area contributed by atoms with E-state index in [1.165, 1.54) is 6.20 Å². The Labute approximate surface area is 95.9 Å². The summed E-state index contributed by atoms with van der Waals surface area (Å²) >= 11 is 0. The average Bonchev–Trinajstić information content (AvgIpc) is 2.26. The minimum Gasteiger partial charge on any atom is -0.397 e. The van der Waals surface area contributed by atoms with Crippen molar-refractivity contribution in [2.45, 2.75) is 0 Å². The van der Waals surface area contributed by atoms with Gasteiger partial charge in [-0.15, -0.1) is 0 Å². The molecule has 0 aliphatic heterocycles. The van der Waals surface area contributed by atoms with E-state index in [0.29, 0.717) is 17.9 Å². The summed E-state index contributed by atoms with van der Waals surface area (Å²) in [5, 5.41) is 0. The molecule has 0 aromatic carbocycles. The fourth-order valence-electron chi connectivity index (χ4n) is 1.18. The number of carbonyl (C=O) groups is 1. The van der Waals surface area contributed by atoms with Crippen LogP contribution in [0.1, 0.15) is 10.5 Å². The van der Waals surface area contributed by atoms with Gasteiger partial charge < -0.3 is 15.5 Å². The van der Waals surface area contributed by atoms with Gasteiger partial charge in [0.25, 0.3) is 5.91 Å². The fraction of sp³-hybridized carbons (Fsp3) is 0.455. The Balaban J connectivity index is 2.60. The zero-order valence-electron chi connectivity index (χ0n) is 9.97. The topological polar surface area (TPSA) is 62.5 Å². The predicted molar refractivity (Wildman–Crippen MR) is 64.2 cm³/mol. The van der Waals surface area contributed by atoms with Crippen molar-refractivity contribution in [1.82, 2.24) is 14.8 Å². The number of hydrogen-bond acceptors (Lipinski definition) is 4. The van der Waals surface area contributed by atoms with E-state index in [0.717, 1.165) is 6.54 Å². The molecule has 16 heavy (non-hydrogen) atoms. The fourth-order valence-corrected chi connectivity index (χ4v) is 1.18. The standard InChI is InChI=1S/C11H18N4O/c1-14(2)6-7-15(3)11(16)10-5-4-9(12)8-13-10/h4-5,8H,6-7,12H2,1-3H3. The van der Waals surface area contributed by atoms with Gasteiger partial charge in [0.15, 0.2) is 0 Å². The SMILES string of the molecule is CN(C)CCN(C)C(=O)c1ccc(N)cn1. The summed E-state index contributed by atoms with van der Waals surface area (Å²) in [6.07, 6.45) is 1.49. The van der Waals surface area contributed by atoms with Crippen LogP contribution in [0.4, 0.5) is 5.69 Å². The van der Waals surface area contributed by atoms with Gasteiger partial charge in [0.05, 0.1) is 11.9 Å². The number of likely N-dealkylation sites (N-methyl/N-ethyl adjacent to an activating group) is 2. The van der Waals surface area contributed by atoms with E-state index >= 15 is 0 Å². The number of carbonyl (C=O) groups excluding carboxylic acids is 1. The number of nitrogen functional groups attached to an aromatic ring is 1. The van der Waals surface area contributed by atoms with Crippen LogP contribution in [0.25, 0.3) is 0 Å². The Morgan fingerprint density at radius 3 is 2.50 bits per heavy atom. The molecule has 0 atom stereocenters. The number of nitrogens with two attached hydrogens (primary N) is 1. The van der Waals surface area contributed by atoms with Gasteiger partial charge in [-0.05, 0) is 26.2 Å². The summed E-state index contributed by atoms with van der Waals surface area (Å²) in [6, 6.07) is 3.32. The van der Waals surface area contributed by atoms with E-state index in [-0.39, 0.29) is 5.91 Å². The molecule has 1 aromatic rings. The van der Waals surface area contributed by atoms with Gasteiger partial charge in [0, 0.05) is 20.1 Å². The highest BCUT2D eigenvalue weighted by atomic mass is 16.2. The lowest BCUT2D eigenvalue weighted by atomic mass is 10.3. The Kier molecular flexibility index (Phi) is 4.25. The molecule has 5 heteroatoms. The zero-order valence-corrected chi connectivity index (χ0v) is 9.97. The molecular formula is C11H18N4O. The number of amides is 1. The van der Waals surface area contributed by atoms with Gasteiger partial charge in [0.2, 0.25) is 0 Å². The molecule has 0 radical (unpaired) electrons. The third-order valence-corrected chi connectivity index (χ3v) is 2.23. The molecule has 0 bridgehead atoms. The van der Waals surface area contributed by atoms with Crippen molar-refractivity contribution in [1.29, 1.82) is 0 Å². The van der Waals surface area contributed by atoms with E-state index in [1.54, 1.807) is 24.1 Å². The first-order valence-electron chi connectivity index (χ1n) is 5.12. The second-order valence-corrected chi connectivity index (χ2v) is 4.01. The molecule has 0 unspecified atom stereocenters. The summed E-state index contributed by atoms with van der Waals surface area (Å²) in [6.45, 7) is 1.51. The lowest BCUT2D eigenvalue weighted by molar-refractivity contribution is 0.0780. The van der Waals surface area contributed by atoms with Crippen molar-refractivity contribution < 1.29 is 4.79 Å². The monoisotopic (exact) mass is 222 g/mol. The number of nitrogens with zero attached hydrogens (tertiary/aromatic N) is 3. The van der Waals surface area contributed by atoms with Crippen molar-refractivity contribution in [3.8, 4) is 0 Å². The second-order valence-electron chi connectivity index (χ2n) is 4.01. The van der Waals surface area contributed by atoms with Gasteiger partial charge in [-0.25, -0.2) is 4.98 Å². The molecule has 0 fully saturated rings. The highest BCUT2D eigenvalue weighted by Gasteiger charge is 2.12. The van der Waals surface area contributed by atoms with Gasteiger partial charge in [-0.3, -0.25) is 4.79 Å². The third-order valence-electron chi connectivity index (χ3n) is 2.23. The maximum Gasteiger partial charge on any atom is 0.272 e. The van der Waals surface area contributed by atoms with Crippen molar-refractivity contribution >= 4 is 11.6 Å². The van der Waals surface area contributed by atoms with Gasteiger partial charge in [-0.1, -0.05) is 0 Å². The molecule has 0 saturated carbocycles. The number of anilines is 1. The van der Waals surface area contributed by atoms with E-state index in [1.807, 2.05) is 19.0 Å². The minimum absolute atomic E-state index is 0.0816. The van der Waals surface area contributed by atoms with E-state index in [2.05, 4.69) is 4.98 Å². The Bertz CT molecular complexity index is 348. The predicted octanol–water partition coefficient (Wildman–Crippen LogP) is 0.297. The van der Waals surface area contributed by atoms with Crippen LogP contribution in [0.5, 0.6) is 0 Å². The van der Waals surface area contributed by atoms with E-state index in [9.17, 15) is 4.79 Å². The molecule has 0 saturated heterocycles. The molecule has 1 aromatic heterocycles. The molecule has 1 rings (SSSR count). The maximum atomic E-state index is 11.9. The van der Waals surface area contributed by atoms with Crippen molar-refractivity contribution in [3.63, 3.8) is 0 Å². The van der Waals surface area contributed by atoms with Crippen LogP contribution in [0.2, 0.25) is 0 Å². The molecule has 0 aliphatic rings. The van der Waals surface area contributed by atoms with E-state index in [4.69, 9.17) is 5.73 Å². The lowest BCUT2D eigenvalue weighted by Crippen LogP contribution is -2.33. The Morgan fingerprint density at radius 1 is 1.31 bits per heavy atom. The molecule has 2 N–H and O–H groups in total. The van der Waals surface area contributed by atoms with Crippen molar-refractivity contribution in [3.05, 3.63) is 24.0 Å². The summed E-state index contributed by atoms with van der Waals surface area (Å²) in [4.78, 5) is 19.5. The third kappa shape index (κ3) is 3.51. The molecule has 88 valence electrons. The highest BCUT2D eigenvalue weighted by molar-refractivity contribution is 5.92. The molecule has 1 heterocycles. The van der Waals surface area contributed by atoms with Crippen LogP contribution in [-0.2, 0) is 0 Å². The first-order chi connectivity index (χ1) is 7.50. The van der Waals surface area contributed by atoms with Gasteiger partial charge >= 0.3 is 0 Å². The maximum absolute atomic E-state index is 11.9. The van der Waals surface area contributed by atoms with Gasteiger partial charge in [-0.2, -0.15) is 0 Å². The first-order valence-corrected chi connectivity index (χ1v) is 5.12. The highest BCUT2D eigenvalue weighted by Crippen LogP contribution is 2.03. The van der Waals surface area contributed by atoms with Crippen LogP contribution in [0.3, 0.4) is 0 Å². The van der Waals surface area contributed by atoms with Crippen LogP contribution >= 0.6 is 0 Å². The van der Waals surface area contributed by atoms with Crippen LogP contribution in [0.15, 0.2) is 18.3 Å². The van der Waals surface area contributed by atoms with Crippen LogP contribution in [-0.4, -0.2) is 54.9 Å².